The molecule has 1 atom stereocenters. The lowest BCUT2D eigenvalue weighted by Crippen LogP contribution is -2.08. The second kappa shape index (κ2) is 8.49. The maximum atomic E-state index is 4.31. The van der Waals surface area contributed by atoms with Crippen molar-refractivity contribution in [3.05, 3.63) is 70.2 Å². The molecule has 0 aromatic rings. The van der Waals surface area contributed by atoms with Gasteiger partial charge in [-0.3, -0.25) is 0 Å². The first-order chi connectivity index (χ1) is 11.0. The summed E-state index contributed by atoms with van der Waals surface area (Å²) in [5, 5.41) is 4.68. The minimum absolute atomic E-state index is 0.378. The van der Waals surface area contributed by atoms with Crippen LogP contribution in [0.5, 0.6) is 0 Å². The highest BCUT2D eigenvalue weighted by Crippen LogP contribution is 2.34. The maximum absolute atomic E-state index is 4.31. The fourth-order valence-corrected chi connectivity index (χ4v) is 4.06. The van der Waals surface area contributed by atoms with Gasteiger partial charge in [0.15, 0.2) is 0 Å². The molecule has 23 heavy (non-hydrogen) atoms. The summed E-state index contributed by atoms with van der Waals surface area (Å²) >= 11 is 1.28. The van der Waals surface area contributed by atoms with Crippen molar-refractivity contribution in [2.45, 2.75) is 47.0 Å². The van der Waals surface area contributed by atoms with Crippen molar-refractivity contribution < 1.29 is 0 Å². The normalized spacial score (nSPS) is 19.7. The van der Waals surface area contributed by atoms with Gasteiger partial charge in [0.1, 0.15) is 0 Å². The van der Waals surface area contributed by atoms with Crippen LogP contribution in [-0.2, 0) is 0 Å². The van der Waals surface area contributed by atoms with Gasteiger partial charge in [-0.1, -0.05) is 57.7 Å². The van der Waals surface area contributed by atoms with E-state index in [-0.39, 0.29) is 0 Å². The lowest BCUT2D eigenvalue weighted by molar-refractivity contribution is 0.663. The van der Waals surface area contributed by atoms with Crippen molar-refractivity contribution in [1.29, 1.82) is 0 Å². The predicted molar refractivity (Wildman–Crippen MR) is 109 cm³/mol. The SMILES string of the molecule is C=C(/C=C\CC(C)C)C(C)C1=C[SH]=CC(C2=CCCC=C2)=C1C. The number of rotatable bonds is 6. The van der Waals surface area contributed by atoms with E-state index in [1.54, 1.807) is 0 Å². The number of allylic oxidation sites excluding steroid dienone is 10. The van der Waals surface area contributed by atoms with Crippen LogP contribution >= 0.6 is 11.4 Å². The molecular weight excluding hydrogens is 296 g/mol. The van der Waals surface area contributed by atoms with Gasteiger partial charge >= 0.3 is 0 Å². The van der Waals surface area contributed by atoms with Crippen LogP contribution < -0.4 is 0 Å². The summed E-state index contributed by atoms with van der Waals surface area (Å²) in [6.45, 7) is 13.3. The molecule has 0 amide bonds. The van der Waals surface area contributed by atoms with Crippen LogP contribution in [0.3, 0.4) is 0 Å². The Hall–Kier alpha value is -1.34. The summed E-state index contributed by atoms with van der Waals surface area (Å²) in [6, 6.07) is 0. The van der Waals surface area contributed by atoms with Crippen LogP contribution in [0.1, 0.15) is 47.0 Å². The molecule has 0 spiro atoms. The molecule has 1 heterocycles. The van der Waals surface area contributed by atoms with Crippen molar-refractivity contribution in [3.63, 3.8) is 0 Å². The van der Waals surface area contributed by atoms with Crippen LogP contribution in [0.15, 0.2) is 70.2 Å². The smallest absolute Gasteiger partial charge is 0.00627 e. The molecule has 0 radical (unpaired) electrons. The zero-order valence-corrected chi connectivity index (χ0v) is 15.9. The quantitative estimate of drug-likeness (QED) is 0.320. The van der Waals surface area contributed by atoms with Gasteiger partial charge in [0.2, 0.25) is 0 Å². The van der Waals surface area contributed by atoms with E-state index >= 15 is 0 Å². The molecule has 0 bridgehead atoms. The Kier molecular flexibility index (Phi) is 6.65. The lowest BCUT2D eigenvalue weighted by atomic mass is 9.85. The van der Waals surface area contributed by atoms with E-state index in [9.17, 15) is 0 Å². The molecule has 0 N–H and O–H groups in total. The molecular formula is C22H30S. The summed E-state index contributed by atoms with van der Waals surface area (Å²) in [6.07, 6.45) is 14.9. The van der Waals surface area contributed by atoms with Gasteiger partial charge < -0.3 is 0 Å². The first kappa shape index (κ1) is 18.0. The largest absolute Gasteiger partial charge is 0.176 e. The van der Waals surface area contributed by atoms with Crippen LogP contribution in [0.2, 0.25) is 0 Å². The van der Waals surface area contributed by atoms with Gasteiger partial charge in [0, 0.05) is 5.92 Å². The van der Waals surface area contributed by atoms with Gasteiger partial charge in [0.05, 0.1) is 0 Å². The summed E-state index contributed by atoms with van der Waals surface area (Å²) in [7, 11) is 0. The van der Waals surface area contributed by atoms with E-state index in [4.69, 9.17) is 0 Å². The van der Waals surface area contributed by atoms with Crippen molar-refractivity contribution in [2.75, 3.05) is 0 Å². The number of thiol groups is 1. The molecule has 124 valence electrons. The van der Waals surface area contributed by atoms with Gasteiger partial charge in [-0.25, -0.2) is 0 Å². The van der Waals surface area contributed by atoms with Crippen LogP contribution in [0, 0.1) is 11.8 Å². The Balaban J connectivity index is 2.17. The third kappa shape index (κ3) is 4.81. The van der Waals surface area contributed by atoms with Crippen molar-refractivity contribution in [1.82, 2.24) is 0 Å². The van der Waals surface area contributed by atoms with Crippen LogP contribution in [0.4, 0.5) is 0 Å². The average Bonchev–Trinajstić information content (AvgIpc) is 2.55. The molecule has 1 unspecified atom stereocenters. The first-order valence-electron chi connectivity index (χ1n) is 8.67. The fourth-order valence-electron chi connectivity index (χ4n) is 2.92. The number of hydrogen-bond acceptors (Lipinski definition) is 0. The first-order valence-corrected chi connectivity index (χ1v) is 9.71. The molecule has 0 aromatic carbocycles. The van der Waals surface area contributed by atoms with E-state index in [2.05, 4.69) is 75.4 Å². The Bertz CT molecular complexity index is 633. The zero-order chi connectivity index (χ0) is 16.8. The molecule has 0 fully saturated rings. The molecule has 0 aromatic heterocycles. The van der Waals surface area contributed by atoms with Crippen molar-refractivity contribution >= 4 is 16.7 Å². The molecule has 0 saturated carbocycles. The molecule has 1 aliphatic carbocycles. The Morgan fingerprint density at radius 1 is 1.30 bits per heavy atom. The molecule has 1 heteroatoms. The van der Waals surface area contributed by atoms with Gasteiger partial charge in [-0.05, 0) is 70.7 Å². The highest BCUT2D eigenvalue weighted by atomic mass is 32.1. The Morgan fingerprint density at radius 2 is 2.09 bits per heavy atom. The summed E-state index contributed by atoms with van der Waals surface area (Å²) in [5.41, 5.74) is 6.85. The molecule has 0 saturated heterocycles. The molecule has 0 nitrogen and oxygen atoms in total. The minimum Gasteiger partial charge on any atom is -0.176 e. The predicted octanol–water partition coefficient (Wildman–Crippen LogP) is 6.54. The maximum Gasteiger partial charge on any atom is 0.00627 e. The van der Waals surface area contributed by atoms with E-state index < -0.39 is 0 Å². The Morgan fingerprint density at radius 3 is 2.74 bits per heavy atom. The second-order valence-electron chi connectivity index (χ2n) is 6.87. The van der Waals surface area contributed by atoms with E-state index in [0.717, 1.165) is 12.8 Å². The third-order valence-electron chi connectivity index (χ3n) is 4.52. The van der Waals surface area contributed by atoms with E-state index in [0.29, 0.717) is 11.8 Å². The standard InChI is InChI=1S/C22H30S/c1-16(2)10-9-11-17(3)18(4)21-14-23-15-22(19(21)5)20-12-7-6-8-13-20/h7,9,11-16,18,23H,3,6,8,10H2,1-2,4-5H3/b11-9-. The Labute approximate surface area is 146 Å². The van der Waals surface area contributed by atoms with Gasteiger partial charge in [0.25, 0.3) is 0 Å². The summed E-state index contributed by atoms with van der Waals surface area (Å²) in [5.74, 6) is 1.08. The zero-order valence-electron chi connectivity index (χ0n) is 15.0. The highest BCUT2D eigenvalue weighted by molar-refractivity contribution is 8.00. The van der Waals surface area contributed by atoms with Gasteiger partial charge in [-0.2, -0.15) is 11.4 Å². The summed E-state index contributed by atoms with van der Waals surface area (Å²) < 4.78 is 0. The number of hydrogen-bond donors (Lipinski definition) is 1. The van der Waals surface area contributed by atoms with E-state index in [1.807, 2.05) is 0 Å². The third-order valence-corrected chi connectivity index (χ3v) is 5.36. The average molecular weight is 327 g/mol. The highest BCUT2D eigenvalue weighted by Gasteiger charge is 2.18. The minimum atomic E-state index is 0.378. The van der Waals surface area contributed by atoms with Crippen molar-refractivity contribution in [3.8, 4) is 0 Å². The topological polar surface area (TPSA) is 0 Å². The van der Waals surface area contributed by atoms with Crippen LogP contribution in [0.25, 0.3) is 0 Å². The van der Waals surface area contributed by atoms with E-state index in [1.165, 1.54) is 45.6 Å². The monoisotopic (exact) mass is 326 g/mol. The molecule has 2 aliphatic rings. The molecule has 1 aliphatic heterocycles. The molecule has 2 rings (SSSR count). The van der Waals surface area contributed by atoms with Crippen LogP contribution in [-0.4, -0.2) is 5.37 Å². The second-order valence-corrected chi connectivity index (χ2v) is 7.68. The summed E-state index contributed by atoms with van der Waals surface area (Å²) in [4.78, 5) is 0. The van der Waals surface area contributed by atoms with Crippen molar-refractivity contribution in [2.24, 2.45) is 11.8 Å². The van der Waals surface area contributed by atoms with Gasteiger partial charge in [-0.15, -0.1) is 0 Å². The fraction of sp³-hybridized carbons (Fsp3) is 0.409. The lowest BCUT2D eigenvalue weighted by Gasteiger charge is -2.23.